The zero-order valence-corrected chi connectivity index (χ0v) is 9.24. The van der Waals surface area contributed by atoms with Crippen LogP contribution in [0, 0.1) is 24.1 Å². The molecule has 0 aliphatic heterocycles. The van der Waals surface area contributed by atoms with Crippen LogP contribution in [0.15, 0.2) is 36.5 Å². The summed E-state index contributed by atoms with van der Waals surface area (Å²) in [6, 6.07) is 9.87. The number of nitrogens with zero attached hydrogens (tertiary/aromatic N) is 2. The van der Waals surface area contributed by atoms with Gasteiger partial charge in [0, 0.05) is 17.6 Å². The van der Waals surface area contributed by atoms with Crippen LogP contribution in [0.5, 0.6) is 0 Å². The van der Waals surface area contributed by atoms with Crippen LogP contribution in [-0.4, -0.2) is 4.98 Å². The van der Waals surface area contributed by atoms with E-state index >= 15 is 0 Å². The first-order valence-electron chi connectivity index (χ1n) is 5.08. The molecule has 0 unspecified atom stereocenters. The normalized spacial score (nSPS) is 9.71. The molecule has 0 aliphatic rings. The van der Waals surface area contributed by atoms with Crippen LogP contribution < -0.4 is 5.32 Å². The molecule has 0 radical (unpaired) electrons. The number of nitrogens with one attached hydrogen (secondary N) is 1. The predicted molar refractivity (Wildman–Crippen MR) is 63.4 cm³/mol. The van der Waals surface area contributed by atoms with Crippen LogP contribution in [0.4, 0.5) is 15.8 Å². The number of halogens is 1. The molecule has 0 fully saturated rings. The molecule has 1 aromatic heterocycles. The molecule has 17 heavy (non-hydrogen) atoms. The van der Waals surface area contributed by atoms with E-state index in [-0.39, 0.29) is 5.82 Å². The third-order valence-electron chi connectivity index (χ3n) is 2.34. The minimum Gasteiger partial charge on any atom is -0.355 e. The number of pyridine rings is 1. The van der Waals surface area contributed by atoms with Gasteiger partial charge in [0.25, 0.3) is 0 Å². The van der Waals surface area contributed by atoms with E-state index in [1.54, 1.807) is 24.4 Å². The van der Waals surface area contributed by atoms with Crippen molar-refractivity contribution in [3.8, 4) is 6.07 Å². The zero-order valence-electron chi connectivity index (χ0n) is 9.24. The molecule has 0 bridgehead atoms. The Morgan fingerprint density at radius 1 is 1.29 bits per heavy atom. The Balaban J connectivity index is 2.28. The van der Waals surface area contributed by atoms with E-state index in [0.29, 0.717) is 5.69 Å². The van der Waals surface area contributed by atoms with Crippen LogP contribution >= 0.6 is 0 Å². The number of hydrogen-bond acceptors (Lipinski definition) is 3. The maximum Gasteiger partial charge on any atom is 0.142 e. The van der Waals surface area contributed by atoms with Gasteiger partial charge in [-0.05, 0) is 42.8 Å². The van der Waals surface area contributed by atoms with Crippen molar-refractivity contribution in [1.29, 1.82) is 5.26 Å². The molecular weight excluding hydrogens is 217 g/mol. The summed E-state index contributed by atoms with van der Waals surface area (Å²) in [6.07, 6.45) is 1.56. The number of aromatic nitrogens is 1. The number of rotatable bonds is 2. The highest BCUT2D eigenvalue weighted by Gasteiger charge is 2.01. The Kier molecular flexibility index (Phi) is 3.01. The summed E-state index contributed by atoms with van der Waals surface area (Å²) in [5.74, 6) is -0.263. The van der Waals surface area contributed by atoms with Gasteiger partial charge in [-0.15, -0.1) is 0 Å². The molecule has 1 heterocycles. The largest absolute Gasteiger partial charge is 0.355 e. The molecule has 4 heteroatoms. The lowest BCUT2D eigenvalue weighted by atomic mass is 10.2. The second kappa shape index (κ2) is 4.62. The van der Waals surface area contributed by atoms with Crippen LogP contribution in [-0.2, 0) is 0 Å². The Bertz CT molecular complexity index is 587. The lowest BCUT2D eigenvalue weighted by molar-refractivity contribution is 0.627. The Morgan fingerprint density at radius 2 is 2.12 bits per heavy atom. The lowest BCUT2D eigenvalue weighted by Crippen LogP contribution is -1.95. The number of anilines is 2. The van der Waals surface area contributed by atoms with Gasteiger partial charge in [0.2, 0.25) is 0 Å². The molecular formula is C13H10FN3. The van der Waals surface area contributed by atoms with Crippen molar-refractivity contribution in [1.82, 2.24) is 4.98 Å². The molecule has 0 aliphatic carbocycles. The minimum atomic E-state index is -0.263. The second-order valence-corrected chi connectivity index (χ2v) is 3.63. The van der Waals surface area contributed by atoms with Gasteiger partial charge in [-0.25, -0.2) is 9.37 Å². The summed E-state index contributed by atoms with van der Waals surface area (Å²) in [5.41, 5.74) is 2.71. The van der Waals surface area contributed by atoms with Gasteiger partial charge in [0.05, 0.1) is 0 Å². The second-order valence-electron chi connectivity index (χ2n) is 3.63. The van der Waals surface area contributed by atoms with Gasteiger partial charge in [0.15, 0.2) is 0 Å². The van der Waals surface area contributed by atoms with E-state index in [2.05, 4.69) is 10.3 Å². The third kappa shape index (κ3) is 2.58. The summed E-state index contributed by atoms with van der Waals surface area (Å²) in [6.45, 7) is 1.82. The van der Waals surface area contributed by atoms with Crippen molar-refractivity contribution in [3.63, 3.8) is 0 Å². The van der Waals surface area contributed by atoms with Crippen LogP contribution in [0.2, 0.25) is 0 Å². The van der Waals surface area contributed by atoms with Crippen molar-refractivity contribution < 1.29 is 4.39 Å². The fraction of sp³-hybridized carbons (Fsp3) is 0.0769. The Morgan fingerprint density at radius 3 is 2.82 bits per heavy atom. The first-order valence-corrected chi connectivity index (χ1v) is 5.08. The number of aryl methyl sites for hydroxylation is 1. The van der Waals surface area contributed by atoms with Crippen molar-refractivity contribution in [2.75, 3.05) is 5.32 Å². The smallest absolute Gasteiger partial charge is 0.142 e. The van der Waals surface area contributed by atoms with Gasteiger partial charge in [-0.3, -0.25) is 0 Å². The van der Waals surface area contributed by atoms with E-state index in [4.69, 9.17) is 5.26 Å². The highest BCUT2D eigenvalue weighted by atomic mass is 19.1. The zero-order chi connectivity index (χ0) is 12.3. The standard InChI is InChI=1S/C13H10FN3/c1-9-6-10(14)2-3-13(9)17-11-4-5-16-12(7-11)8-15/h2-7H,1H3,(H,16,17). The SMILES string of the molecule is Cc1cc(F)ccc1Nc1ccnc(C#N)c1. The maximum absolute atomic E-state index is 12.9. The fourth-order valence-electron chi connectivity index (χ4n) is 1.49. The molecule has 1 N–H and O–H groups in total. The van der Waals surface area contributed by atoms with Crippen molar-refractivity contribution in [3.05, 3.63) is 53.6 Å². The molecule has 1 aromatic carbocycles. The van der Waals surface area contributed by atoms with E-state index in [1.807, 2.05) is 13.0 Å². The number of benzene rings is 1. The van der Waals surface area contributed by atoms with E-state index in [0.717, 1.165) is 16.9 Å². The topological polar surface area (TPSA) is 48.7 Å². The summed E-state index contributed by atoms with van der Waals surface area (Å²) < 4.78 is 12.9. The van der Waals surface area contributed by atoms with Gasteiger partial charge >= 0.3 is 0 Å². The first-order chi connectivity index (χ1) is 8.19. The first kappa shape index (κ1) is 11.1. The molecule has 0 saturated carbocycles. The van der Waals surface area contributed by atoms with Gasteiger partial charge < -0.3 is 5.32 Å². The Labute approximate surface area is 98.5 Å². The van der Waals surface area contributed by atoms with Gasteiger partial charge in [-0.2, -0.15) is 5.26 Å². The van der Waals surface area contributed by atoms with Crippen LogP contribution in [0.25, 0.3) is 0 Å². The summed E-state index contributed by atoms with van der Waals surface area (Å²) in [4.78, 5) is 3.87. The average molecular weight is 227 g/mol. The summed E-state index contributed by atoms with van der Waals surface area (Å²) in [5, 5.41) is 11.8. The van der Waals surface area contributed by atoms with Crippen molar-refractivity contribution in [2.24, 2.45) is 0 Å². The third-order valence-corrected chi connectivity index (χ3v) is 2.34. The monoisotopic (exact) mass is 227 g/mol. The van der Waals surface area contributed by atoms with E-state index in [1.165, 1.54) is 12.1 Å². The molecule has 0 atom stereocenters. The van der Waals surface area contributed by atoms with E-state index in [9.17, 15) is 4.39 Å². The van der Waals surface area contributed by atoms with Crippen LogP contribution in [0.3, 0.4) is 0 Å². The van der Waals surface area contributed by atoms with Crippen LogP contribution in [0.1, 0.15) is 11.3 Å². The lowest BCUT2D eigenvalue weighted by Gasteiger charge is -2.09. The fourth-order valence-corrected chi connectivity index (χ4v) is 1.49. The van der Waals surface area contributed by atoms with Crippen molar-refractivity contribution >= 4 is 11.4 Å². The number of nitriles is 1. The number of hydrogen-bond donors (Lipinski definition) is 1. The molecule has 0 saturated heterocycles. The molecule has 2 rings (SSSR count). The Hall–Kier alpha value is -2.41. The quantitative estimate of drug-likeness (QED) is 0.857. The molecule has 84 valence electrons. The maximum atomic E-state index is 12.9. The predicted octanol–water partition coefficient (Wildman–Crippen LogP) is 3.14. The molecule has 0 amide bonds. The minimum absolute atomic E-state index is 0.263. The summed E-state index contributed by atoms with van der Waals surface area (Å²) >= 11 is 0. The van der Waals surface area contributed by atoms with E-state index < -0.39 is 0 Å². The molecule has 0 spiro atoms. The molecule has 2 aromatic rings. The highest BCUT2D eigenvalue weighted by Crippen LogP contribution is 2.21. The van der Waals surface area contributed by atoms with Gasteiger partial charge in [-0.1, -0.05) is 0 Å². The average Bonchev–Trinajstić information content (AvgIpc) is 2.33. The van der Waals surface area contributed by atoms with Gasteiger partial charge in [0.1, 0.15) is 17.6 Å². The summed E-state index contributed by atoms with van der Waals surface area (Å²) in [7, 11) is 0. The van der Waals surface area contributed by atoms with Crippen molar-refractivity contribution in [2.45, 2.75) is 6.92 Å². The highest BCUT2D eigenvalue weighted by molar-refractivity contribution is 5.63. The molecule has 3 nitrogen and oxygen atoms in total.